The van der Waals surface area contributed by atoms with Gasteiger partial charge in [0.15, 0.2) is 0 Å². The molecule has 0 saturated carbocycles. The lowest BCUT2D eigenvalue weighted by Gasteiger charge is -2.22. The van der Waals surface area contributed by atoms with Crippen molar-refractivity contribution in [1.82, 2.24) is 9.97 Å². The van der Waals surface area contributed by atoms with Gasteiger partial charge in [-0.15, -0.1) is 0 Å². The quantitative estimate of drug-likeness (QED) is 0.778. The van der Waals surface area contributed by atoms with E-state index in [1.54, 1.807) is 0 Å². The first-order valence-electron chi connectivity index (χ1n) is 6.70. The van der Waals surface area contributed by atoms with Gasteiger partial charge in [0.05, 0.1) is 0 Å². The van der Waals surface area contributed by atoms with Crippen molar-refractivity contribution < 1.29 is 0 Å². The van der Waals surface area contributed by atoms with Gasteiger partial charge in [-0.1, -0.05) is 34.1 Å². The van der Waals surface area contributed by atoms with Crippen LogP contribution in [0, 0.1) is 5.92 Å². The Labute approximate surface area is 118 Å². The van der Waals surface area contributed by atoms with Crippen LogP contribution in [0.25, 0.3) is 0 Å². The maximum absolute atomic E-state index is 4.74. The zero-order chi connectivity index (χ0) is 13.3. The first-order chi connectivity index (χ1) is 8.40. The molecule has 1 aliphatic heterocycles. The number of nitrogens with zero attached hydrogens (tertiary/aromatic N) is 3. The summed E-state index contributed by atoms with van der Waals surface area (Å²) in [6, 6.07) is 2.04. The zero-order valence-corrected chi connectivity index (χ0v) is 13.3. The van der Waals surface area contributed by atoms with Gasteiger partial charge in [0.25, 0.3) is 0 Å². The van der Waals surface area contributed by atoms with E-state index in [0.717, 1.165) is 35.3 Å². The maximum Gasteiger partial charge on any atom is 0.137 e. The van der Waals surface area contributed by atoms with E-state index in [4.69, 9.17) is 4.98 Å². The van der Waals surface area contributed by atoms with Crippen LogP contribution in [0.4, 0.5) is 5.82 Å². The van der Waals surface area contributed by atoms with Crippen molar-refractivity contribution in [2.75, 3.05) is 18.0 Å². The second-order valence-electron chi connectivity index (χ2n) is 6.13. The molecule has 0 bridgehead atoms. The molecule has 4 heteroatoms. The molecule has 3 nitrogen and oxygen atoms in total. The number of hydrogen-bond donors (Lipinski definition) is 0. The second-order valence-corrected chi connectivity index (χ2v) is 6.94. The summed E-state index contributed by atoms with van der Waals surface area (Å²) in [4.78, 5) is 11.6. The third-order valence-corrected chi connectivity index (χ3v) is 3.95. The Morgan fingerprint density at radius 2 is 2.11 bits per heavy atom. The van der Waals surface area contributed by atoms with Crippen molar-refractivity contribution >= 4 is 21.7 Å². The molecule has 1 aliphatic rings. The minimum Gasteiger partial charge on any atom is -0.356 e. The lowest BCUT2D eigenvalue weighted by atomic mass is 9.96. The lowest BCUT2D eigenvalue weighted by Crippen LogP contribution is -2.24. The Morgan fingerprint density at radius 3 is 2.67 bits per heavy atom. The monoisotopic (exact) mass is 311 g/mol. The van der Waals surface area contributed by atoms with E-state index < -0.39 is 0 Å². The lowest BCUT2D eigenvalue weighted by molar-refractivity contribution is 0.541. The molecule has 1 unspecified atom stereocenters. The Morgan fingerprint density at radius 1 is 1.39 bits per heavy atom. The minimum absolute atomic E-state index is 0.0115. The predicted octanol–water partition coefficient (Wildman–Crippen LogP) is 3.77. The molecule has 0 spiro atoms. The molecule has 0 radical (unpaired) electrons. The second kappa shape index (κ2) is 5.16. The molecule has 0 aromatic carbocycles. The molecule has 100 valence electrons. The molecule has 0 N–H and O–H groups in total. The van der Waals surface area contributed by atoms with E-state index in [1.807, 2.05) is 6.07 Å². The van der Waals surface area contributed by atoms with Crippen molar-refractivity contribution in [2.45, 2.75) is 46.0 Å². The van der Waals surface area contributed by atoms with Crippen molar-refractivity contribution in [3.63, 3.8) is 0 Å². The molecule has 0 amide bonds. The van der Waals surface area contributed by atoms with Crippen LogP contribution in [-0.4, -0.2) is 23.1 Å². The summed E-state index contributed by atoms with van der Waals surface area (Å²) in [5.41, 5.74) is -0.0115. The maximum atomic E-state index is 4.74. The average molecular weight is 312 g/mol. The third-order valence-electron chi connectivity index (χ3n) is 3.54. The summed E-state index contributed by atoms with van der Waals surface area (Å²) in [7, 11) is 0. The van der Waals surface area contributed by atoms with Gasteiger partial charge in [-0.2, -0.15) is 0 Å². The van der Waals surface area contributed by atoms with E-state index in [1.165, 1.54) is 12.8 Å². The topological polar surface area (TPSA) is 29.0 Å². The van der Waals surface area contributed by atoms with Gasteiger partial charge in [0, 0.05) is 24.6 Å². The number of halogens is 1. The fraction of sp³-hybridized carbons (Fsp3) is 0.714. The van der Waals surface area contributed by atoms with Crippen LogP contribution < -0.4 is 4.90 Å². The van der Waals surface area contributed by atoms with Crippen LogP contribution in [0.5, 0.6) is 0 Å². The Balaban J connectivity index is 2.26. The predicted molar refractivity (Wildman–Crippen MR) is 79.0 cm³/mol. The highest BCUT2D eigenvalue weighted by Crippen LogP contribution is 2.28. The average Bonchev–Trinajstić information content (AvgIpc) is 2.75. The van der Waals surface area contributed by atoms with Crippen LogP contribution in [0.3, 0.4) is 0 Å². The number of anilines is 1. The Bertz CT molecular complexity index is 426. The molecular weight excluding hydrogens is 290 g/mol. The largest absolute Gasteiger partial charge is 0.356 e. The van der Waals surface area contributed by atoms with Crippen molar-refractivity contribution in [3.05, 3.63) is 16.5 Å². The van der Waals surface area contributed by atoms with Crippen LogP contribution in [0.1, 0.15) is 46.4 Å². The van der Waals surface area contributed by atoms with Crippen molar-refractivity contribution in [3.8, 4) is 0 Å². The van der Waals surface area contributed by atoms with E-state index in [0.29, 0.717) is 0 Å². The summed E-state index contributed by atoms with van der Waals surface area (Å²) < 4.78 is 0.886. The van der Waals surface area contributed by atoms with Crippen molar-refractivity contribution in [2.24, 2.45) is 5.92 Å². The van der Waals surface area contributed by atoms with Crippen molar-refractivity contribution in [1.29, 1.82) is 0 Å². The normalized spacial score (nSPS) is 20.5. The first-order valence-corrected chi connectivity index (χ1v) is 7.49. The molecular formula is C14H22BrN3. The molecule has 1 aromatic rings. The molecule has 1 aromatic heterocycles. The van der Waals surface area contributed by atoms with Gasteiger partial charge in [0.1, 0.15) is 16.2 Å². The van der Waals surface area contributed by atoms with Crippen LogP contribution in [0.2, 0.25) is 0 Å². The van der Waals surface area contributed by atoms with Crippen LogP contribution in [0.15, 0.2) is 10.7 Å². The van der Waals surface area contributed by atoms with E-state index in [2.05, 4.69) is 53.5 Å². The third kappa shape index (κ3) is 3.02. The van der Waals surface area contributed by atoms with Gasteiger partial charge < -0.3 is 4.90 Å². The van der Waals surface area contributed by atoms with Gasteiger partial charge in [-0.3, -0.25) is 0 Å². The SMILES string of the molecule is CCC1CCN(c2cc(Br)nc(C(C)(C)C)n2)C1. The molecule has 18 heavy (non-hydrogen) atoms. The summed E-state index contributed by atoms with van der Waals surface area (Å²) >= 11 is 3.51. The van der Waals surface area contributed by atoms with Gasteiger partial charge in [0.2, 0.25) is 0 Å². The molecule has 1 fully saturated rings. The van der Waals surface area contributed by atoms with Gasteiger partial charge in [-0.25, -0.2) is 9.97 Å². The molecule has 0 aliphatic carbocycles. The molecule has 2 heterocycles. The van der Waals surface area contributed by atoms with Crippen LogP contribution in [-0.2, 0) is 5.41 Å². The minimum atomic E-state index is -0.0115. The zero-order valence-electron chi connectivity index (χ0n) is 11.7. The highest BCUT2D eigenvalue weighted by atomic mass is 79.9. The molecule has 1 saturated heterocycles. The van der Waals surface area contributed by atoms with Crippen LogP contribution >= 0.6 is 15.9 Å². The Kier molecular flexibility index (Phi) is 3.95. The first kappa shape index (κ1) is 13.8. The van der Waals surface area contributed by atoms with E-state index in [9.17, 15) is 0 Å². The number of rotatable bonds is 2. The highest BCUT2D eigenvalue weighted by molar-refractivity contribution is 9.10. The number of aromatic nitrogens is 2. The Hall–Kier alpha value is -0.640. The smallest absolute Gasteiger partial charge is 0.137 e. The molecule has 1 atom stereocenters. The van der Waals surface area contributed by atoms with E-state index >= 15 is 0 Å². The van der Waals surface area contributed by atoms with Gasteiger partial charge in [-0.05, 0) is 28.3 Å². The summed E-state index contributed by atoms with van der Waals surface area (Å²) in [5.74, 6) is 2.79. The standard InChI is InChI=1S/C14H22BrN3/c1-5-10-6-7-18(9-10)12-8-11(15)16-13(17-12)14(2,3)4/h8,10H,5-7,9H2,1-4H3. The fourth-order valence-corrected chi connectivity index (χ4v) is 2.65. The highest BCUT2D eigenvalue weighted by Gasteiger charge is 2.25. The molecule has 2 rings (SSSR count). The number of hydrogen-bond acceptors (Lipinski definition) is 3. The van der Waals surface area contributed by atoms with Gasteiger partial charge >= 0.3 is 0 Å². The fourth-order valence-electron chi connectivity index (χ4n) is 2.28. The van der Waals surface area contributed by atoms with E-state index in [-0.39, 0.29) is 5.41 Å². The summed E-state index contributed by atoms with van der Waals surface area (Å²) in [6.07, 6.45) is 2.54. The summed E-state index contributed by atoms with van der Waals surface area (Å²) in [6.45, 7) is 11.0. The summed E-state index contributed by atoms with van der Waals surface area (Å²) in [5, 5.41) is 0.